The summed E-state index contributed by atoms with van der Waals surface area (Å²) >= 11 is 0. The third-order valence-corrected chi connectivity index (χ3v) is 2.00. The second kappa shape index (κ2) is 5.29. The lowest BCUT2D eigenvalue weighted by Crippen LogP contribution is -2.31. The Labute approximate surface area is 98.9 Å². The van der Waals surface area contributed by atoms with Crippen molar-refractivity contribution < 1.29 is 20.1 Å². The van der Waals surface area contributed by atoms with E-state index in [1.165, 1.54) is 0 Å². The third-order valence-electron chi connectivity index (χ3n) is 2.00. The Balaban J connectivity index is 2.66. The smallest absolute Gasteiger partial charge is 0.319 e. The summed E-state index contributed by atoms with van der Waals surface area (Å²) in [5.74, 6) is -1.28. The van der Waals surface area contributed by atoms with E-state index in [1.54, 1.807) is 0 Å². The van der Waals surface area contributed by atoms with Crippen LogP contribution in [0.25, 0.3) is 0 Å². The van der Waals surface area contributed by atoms with Crippen molar-refractivity contribution in [3.05, 3.63) is 12.1 Å². The summed E-state index contributed by atoms with van der Waals surface area (Å²) in [4.78, 5) is 11.4. The van der Waals surface area contributed by atoms with Gasteiger partial charge in [-0.05, 0) is 5.92 Å². The molecule has 6 nitrogen and oxygen atoms in total. The van der Waals surface area contributed by atoms with Crippen molar-refractivity contribution in [2.45, 2.75) is 13.8 Å². The second-order valence-corrected chi connectivity index (χ2v) is 4.09. The van der Waals surface area contributed by atoms with Gasteiger partial charge in [0.1, 0.15) is 0 Å². The number of phenols is 3. The molecule has 2 amide bonds. The van der Waals surface area contributed by atoms with Crippen LogP contribution in [0.3, 0.4) is 0 Å². The van der Waals surface area contributed by atoms with E-state index in [2.05, 4.69) is 10.6 Å². The van der Waals surface area contributed by atoms with E-state index in [9.17, 15) is 15.0 Å². The summed E-state index contributed by atoms with van der Waals surface area (Å²) < 4.78 is 0. The largest absolute Gasteiger partial charge is 0.504 e. The number of nitrogens with one attached hydrogen (secondary N) is 2. The quantitative estimate of drug-likeness (QED) is 0.409. The van der Waals surface area contributed by atoms with Crippen molar-refractivity contribution in [1.82, 2.24) is 5.32 Å². The SMILES string of the molecule is CC(C)CNC(=O)Nc1cc(O)c(O)c(O)c1. The first kappa shape index (κ1) is 13.0. The van der Waals surface area contributed by atoms with E-state index in [0.29, 0.717) is 12.5 Å². The Kier molecular flexibility index (Phi) is 4.03. The van der Waals surface area contributed by atoms with E-state index in [4.69, 9.17) is 5.11 Å². The van der Waals surface area contributed by atoms with Crippen molar-refractivity contribution in [3.8, 4) is 17.2 Å². The molecule has 0 aliphatic heterocycles. The minimum Gasteiger partial charge on any atom is -0.504 e. The minimum atomic E-state index is -0.613. The fourth-order valence-electron chi connectivity index (χ4n) is 1.15. The van der Waals surface area contributed by atoms with E-state index >= 15 is 0 Å². The lowest BCUT2D eigenvalue weighted by atomic mass is 10.2. The van der Waals surface area contributed by atoms with Crippen LogP contribution >= 0.6 is 0 Å². The predicted octanol–water partition coefficient (Wildman–Crippen LogP) is 1.58. The first-order valence-electron chi connectivity index (χ1n) is 5.20. The van der Waals surface area contributed by atoms with Crippen LogP contribution in [0.1, 0.15) is 13.8 Å². The molecule has 0 aromatic heterocycles. The standard InChI is InChI=1S/C11H16N2O4/c1-6(2)5-12-11(17)13-7-3-8(14)10(16)9(15)4-7/h3-4,6,14-16H,5H2,1-2H3,(H2,12,13,17). The van der Waals surface area contributed by atoms with Gasteiger partial charge >= 0.3 is 6.03 Å². The van der Waals surface area contributed by atoms with Crippen molar-refractivity contribution in [2.24, 2.45) is 5.92 Å². The zero-order valence-electron chi connectivity index (χ0n) is 9.69. The molecule has 94 valence electrons. The number of rotatable bonds is 3. The number of urea groups is 1. The number of benzene rings is 1. The normalized spacial score (nSPS) is 10.3. The first-order valence-corrected chi connectivity index (χ1v) is 5.20. The molecule has 0 aliphatic carbocycles. The highest BCUT2D eigenvalue weighted by atomic mass is 16.3. The van der Waals surface area contributed by atoms with Gasteiger partial charge in [-0.25, -0.2) is 4.79 Å². The molecule has 0 aliphatic rings. The monoisotopic (exact) mass is 240 g/mol. The van der Waals surface area contributed by atoms with Crippen LogP contribution in [-0.4, -0.2) is 27.9 Å². The van der Waals surface area contributed by atoms with Crippen LogP contribution in [0, 0.1) is 5.92 Å². The average Bonchev–Trinajstić information content (AvgIpc) is 2.23. The molecule has 6 heteroatoms. The Morgan fingerprint density at radius 2 is 1.76 bits per heavy atom. The van der Waals surface area contributed by atoms with E-state index < -0.39 is 23.3 Å². The molecular weight excluding hydrogens is 224 g/mol. The summed E-state index contributed by atoms with van der Waals surface area (Å²) in [5, 5.41) is 32.6. The first-order chi connectivity index (χ1) is 7.90. The lowest BCUT2D eigenvalue weighted by molar-refractivity contribution is 0.251. The minimum absolute atomic E-state index is 0.194. The number of carbonyl (C=O) groups is 1. The number of amides is 2. The van der Waals surface area contributed by atoms with Crippen LogP contribution < -0.4 is 10.6 Å². The van der Waals surface area contributed by atoms with Gasteiger partial charge in [0, 0.05) is 18.7 Å². The number of carbonyl (C=O) groups excluding carboxylic acids is 1. The molecule has 1 aromatic carbocycles. The summed E-state index contributed by atoms with van der Waals surface area (Å²) in [6.07, 6.45) is 0. The highest BCUT2D eigenvalue weighted by Gasteiger charge is 2.10. The van der Waals surface area contributed by atoms with Gasteiger partial charge in [-0.3, -0.25) is 0 Å². The van der Waals surface area contributed by atoms with Crippen molar-refractivity contribution in [3.63, 3.8) is 0 Å². The number of phenolic OH excluding ortho intramolecular Hbond substituents is 3. The van der Waals surface area contributed by atoms with Gasteiger partial charge in [-0.1, -0.05) is 13.8 Å². The van der Waals surface area contributed by atoms with Crippen LogP contribution in [0.4, 0.5) is 10.5 Å². The Hall–Kier alpha value is -2.11. The van der Waals surface area contributed by atoms with Crippen molar-refractivity contribution in [1.29, 1.82) is 0 Å². The molecule has 0 saturated carbocycles. The van der Waals surface area contributed by atoms with Crippen molar-refractivity contribution in [2.75, 3.05) is 11.9 Å². The Morgan fingerprint density at radius 1 is 1.24 bits per heavy atom. The highest BCUT2D eigenvalue weighted by molar-refractivity contribution is 5.90. The Bertz CT molecular complexity index is 395. The number of aromatic hydroxyl groups is 3. The van der Waals surface area contributed by atoms with Gasteiger partial charge in [0.15, 0.2) is 17.2 Å². The summed E-state index contributed by atoms with van der Waals surface area (Å²) in [6.45, 7) is 4.43. The molecule has 0 radical (unpaired) electrons. The van der Waals surface area contributed by atoms with Gasteiger partial charge in [0.2, 0.25) is 0 Å². The number of hydrogen-bond acceptors (Lipinski definition) is 4. The number of anilines is 1. The summed E-state index contributed by atoms with van der Waals surface area (Å²) in [5.41, 5.74) is 0.194. The molecule has 0 spiro atoms. The predicted molar refractivity (Wildman–Crippen MR) is 63.3 cm³/mol. The average molecular weight is 240 g/mol. The maximum absolute atomic E-state index is 11.4. The summed E-state index contributed by atoms with van der Waals surface area (Å²) in [7, 11) is 0. The van der Waals surface area contributed by atoms with Gasteiger partial charge < -0.3 is 26.0 Å². The summed E-state index contributed by atoms with van der Waals surface area (Å²) in [6, 6.07) is 1.84. The van der Waals surface area contributed by atoms with Gasteiger partial charge in [-0.2, -0.15) is 0 Å². The Morgan fingerprint density at radius 3 is 2.24 bits per heavy atom. The molecule has 0 fully saturated rings. The molecule has 0 saturated heterocycles. The fraction of sp³-hybridized carbons (Fsp3) is 0.364. The van der Waals surface area contributed by atoms with E-state index in [-0.39, 0.29) is 5.69 Å². The molecule has 0 bridgehead atoms. The number of hydrogen-bond donors (Lipinski definition) is 5. The molecule has 0 atom stereocenters. The fourth-order valence-corrected chi connectivity index (χ4v) is 1.15. The lowest BCUT2D eigenvalue weighted by Gasteiger charge is -2.10. The second-order valence-electron chi connectivity index (χ2n) is 4.09. The van der Waals surface area contributed by atoms with Crippen LogP contribution in [0.15, 0.2) is 12.1 Å². The topological polar surface area (TPSA) is 102 Å². The highest BCUT2D eigenvalue weighted by Crippen LogP contribution is 2.37. The molecule has 5 N–H and O–H groups in total. The van der Waals surface area contributed by atoms with Crippen LogP contribution in [0.5, 0.6) is 17.2 Å². The maximum Gasteiger partial charge on any atom is 0.319 e. The van der Waals surface area contributed by atoms with Gasteiger partial charge in [0.25, 0.3) is 0 Å². The molecule has 17 heavy (non-hydrogen) atoms. The zero-order chi connectivity index (χ0) is 13.0. The van der Waals surface area contributed by atoms with Crippen LogP contribution in [-0.2, 0) is 0 Å². The van der Waals surface area contributed by atoms with Crippen molar-refractivity contribution >= 4 is 11.7 Å². The molecular formula is C11H16N2O4. The van der Waals surface area contributed by atoms with Gasteiger partial charge in [0.05, 0.1) is 5.69 Å². The van der Waals surface area contributed by atoms with E-state index in [0.717, 1.165) is 12.1 Å². The third kappa shape index (κ3) is 3.75. The molecule has 1 rings (SSSR count). The molecule has 0 unspecified atom stereocenters. The molecule has 0 heterocycles. The zero-order valence-corrected chi connectivity index (χ0v) is 9.69. The maximum atomic E-state index is 11.4. The molecule has 1 aromatic rings. The van der Waals surface area contributed by atoms with Gasteiger partial charge in [-0.15, -0.1) is 0 Å². The van der Waals surface area contributed by atoms with E-state index in [1.807, 2.05) is 13.8 Å². The van der Waals surface area contributed by atoms with Crippen LogP contribution in [0.2, 0.25) is 0 Å².